The first-order valence-electron chi connectivity index (χ1n) is 9.11. The zero-order valence-corrected chi connectivity index (χ0v) is 15.7. The Labute approximate surface area is 158 Å². The first kappa shape index (κ1) is 18.8. The largest absolute Gasteiger partial charge is 0.494 e. The third-order valence-corrected chi connectivity index (χ3v) is 4.31. The summed E-state index contributed by atoms with van der Waals surface area (Å²) >= 11 is 0. The second-order valence-electron chi connectivity index (χ2n) is 6.19. The van der Waals surface area contributed by atoms with E-state index in [1.54, 1.807) is 7.05 Å². The van der Waals surface area contributed by atoms with E-state index >= 15 is 0 Å². The van der Waals surface area contributed by atoms with Gasteiger partial charge >= 0.3 is 0 Å². The van der Waals surface area contributed by atoms with Crippen molar-refractivity contribution in [2.24, 2.45) is 4.99 Å². The lowest BCUT2D eigenvalue weighted by molar-refractivity contribution is 0.340. The van der Waals surface area contributed by atoms with Crippen LogP contribution in [0.1, 0.15) is 18.1 Å². The molecule has 0 atom stereocenters. The molecule has 0 aliphatic heterocycles. The second-order valence-corrected chi connectivity index (χ2v) is 6.19. The van der Waals surface area contributed by atoms with Crippen molar-refractivity contribution in [1.29, 1.82) is 0 Å². The number of hydrogen-bond donors (Lipinski definition) is 3. The summed E-state index contributed by atoms with van der Waals surface area (Å²) in [6, 6.07) is 12.8. The molecule has 0 saturated heterocycles. The van der Waals surface area contributed by atoms with Crippen LogP contribution in [0.2, 0.25) is 0 Å². The number of aromatic amines is 1. The first-order valence-corrected chi connectivity index (χ1v) is 9.11. The predicted molar refractivity (Wildman–Crippen MR) is 108 cm³/mol. The highest BCUT2D eigenvalue weighted by Gasteiger charge is 2.05. The molecule has 3 aromatic rings. The molecule has 0 unspecified atom stereocenters. The van der Waals surface area contributed by atoms with Crippen LogP contribution in [0.4, 0.5) is 4.39 Å². The molecular weight excluding hydrogens is 343 g/mol. The van der Waals surface area contributed by atoms with Gasteiger partial charge in [-0.15, -0.1) is 0 Å². The molecule has 0 fully saturated rings. The Balaban J connectivity index is 1.51. The van der Waals surface area contributed by atoms with Gasteiger partial charge in [-0.2, -0.15) is 0 Å². The van der Waals surface area contributed by atoms with Gasteiger partial charge in [-0.1, -0.05) is 12.1 Å². The van der Waals surface area contributed by atoms with Crippen LogP contribution in [-0.4, -0.2) is 31.1 Å². The molecule has 3 N–H and O–H groups in total. The molecule has 0 bridgehead atoms. The Kier molecular flexibility index (Phi) is 6.30. The zero-order valence-electron chi connectivity index (χ0n) is 15.7. The molecule has 0 radical (unpaired) electrons. The first-order chi connectivity index (χ1) is 13.2. The van der Waals surface area contributed by atoms with Crippen LogP contribution in [0.25, 0.3) is 10.9 Å². The van der Waals surface area contributed by atoms with Crippen molar-refractivity contribution >= 4 is 16.9 Å². The summed E-state index contributed by atoms with van der Waals surface area (Å²) in [5, 5.41) is 7.67. The van der Waals surface area contributed by atoms with Gasteiger partial charge in [0.25, 0.3) is 0 Å². The van der Waals surface area contributed by atoms with Crippen LogP contribution in [0.3, 0.4) is 0 Å². The van der Waals surface area contributed by atoms with Crippen LogP contribution in [-0.2, 0) is 13.0 Å². The van der Waals surface area contributed by atoms with Crippen molar-refractivity contribution in [2.75, 3.05) is 20.2 Å². The van der Waals surface area contributed by atoms with Gasteiger partial charge in [-0.3, -0.25) is 4.99 Å². The number of hydrogen-bond acceptors (Lipinski definition) is 2. The van der Waals surface area contributed by atoms with E-state index in [1.165, 1.54) is 12.1 Å². The van der Waals surface area contributed by atoms with Crippen LogP contribution in [0.15, 0.2) is 53.7 Å². The van der Waals surface area contributed by atoms with E-state index in [0.29, 0.717) is 13.2 Å². The molecule has 6 heteroatoms. The smallest absolute Gasteiger partial charge is 0.191 e. The maximum atomic E-state index is 13.3. The SMILES string of the molecule is CCOc1cccc(CNC(=NC)NCCc2c[nH]c3cc(F)ccc23)c1. The van der Waals surface area contributed by atoms with E-state index in [4.69, 9.17) is 4.74 Å². The number of guanidine groups is 1. The molecule has 0 aliphatic rings. The summed E-state index contributed by atoms with van der Waals surface area (Å²) in [6.45, 7) is 4.01. The quantitative estimate of drug-likeness (QED) is 0.441. The predicted octanol–water partition coefficient (Wildman–Crippen LogP) is 3.61. The van der Waals surface area contributed by atoms with Gasteiger partial charge in [0, 0.05) is 37.2 Å². The molecule has 1 heterocycles. The molecule has 0 saturated carbocycles. The fraction of sp³-hybridized carbons (Fsp3) is 0.286. The monoisotopic (exact) mass is 368 g/mol. The van der Waals surface area contributed by atoms with Crippen LogP contribution in [0.5, 0.6) is 5.75 Å². The topological polar surface area (TPSA) is 61.4 Å². The van der Waals surface area contributed by atoms with Crippen molar-refractivity contribution in [3.8, 4) is 5.75 Å². The van der Waals surface area contributed by atoms with Gasteiger partial charge in [0.15, 0.2) is 5.96 Å². The molecule has 0 amide bonds. The second kappa shape index (κ2) is 9.07. The number of benzene rings is 2. The lowest BCUT2D eigenvalue weighted by Gasteiger charge is -2.12. The average molecular weight is 368 g/mol. The molecule has 142 valence electrons. The van der Waals surface area contributed by atoms with Crippen LogP contribution >= 0.6 is 0 Å². The number of nitrogens with one attached hydrogen (secondary N) is 3. The summed E-state index contributed by atoms with van der Waals surface area (Å²) in [5.41, 5.74) is 3.10. The lowest BCUT2D eigenvalue weighted by atomic mass is 10.1. The number of fused-ring (bicyclic) bond motifs is 1. The molecule has 3 rings (SSSR count). The van der Waals surface area contributed by atoms with Gasteiger partial charge < -0.3 is 20.4 Å². The Bertz CT molecular complexity index is 919. The third kappa shape index (κ3) is 5.00. The summed E-state index contributed by atoms with van der Waals surface area (Å²) in [4.78, 5) is 7.38. The van der Waals surface area contributed by atoms with Gasteiger partial charge in [0.2, 0.25) is 0 Å². The minimum Gasteiger partial charge on any atom is -0.494 e. The van der Waals surface area contributed by atoms with Gasteiger partial charge in [0.05, 0.1) is 6.61 Å². The molecule has 1 aromatic heterocycles. The Morgan fingerprint density at radius 3 is 2.89 bits per heavy atom. The standard InChI is InChI=1S/C21H25FN4O/c1-3-27-18-6-4-5-15(11-18)13-26-21(23-2)24-10-9-16-14-25-20-12-17(22)7-8-19(16)20/h4-8,11-12,14,25H,3,9-10,13H2,1-2H3,(H2,23,24,26). The van der Waals surface area contributed by atoms with E-state index in [0.717, 1.165) is 46.7 Å². The van der Waals surface area contributed by atoms with Crippen molar-refractivity contribution < 1.29 is 9.13 Å². The summed E-state index contributed by atoms with van der Waals surface area (Å²) in [5.74, 6) is 1.38. The number of ether oxygens (including phenoxy) is 1. The minimum absolute atomic E-state index is 0.230. The fourth-order valence-electron chi connectivity index (χ4n) is 3.00. The van der Waals surface area contributed by atoms with Crippen molar-refractivity contribution in [1.82, 2.24) is 15.6 Å². The summed E-state index contributed by atoms with van der Waals surface area (Å²) in [7, 11) is 1.75. The summed E-state index contributed by atoms with van der Waals surface area (Å²) < 4.78 is 18.8. The van der Waals surface area contributed by atoms with Gasteiger partial charge in [0.1, 0.15) is 11.6 Å². The molecule has 0 spiro atoms. The Hall–Kier alpha value is -3.02. The molecule has 5 nitrogen and oxygen atoms in total. The molecule has 27 heavy (non-hydrogen) atoms. The number of aliphatic imine (C=N–C) groups is 1. The average Bonchev–Trinajstić information content (AvgIpc) is 3.07. The van der Waals surface area contributed by atoms with Crippen LogP contribution < -0.4 is 15.4 Å². The fourth-order valence-corrected chi connectivity index (χ4v) is 3.00. The lowest BCUT2D eigenvalue weighted by Crippen LogP contribution is -2.37. The highest BCUT2D eigenvalue weighted by atomic mass is 19.1. The minimum atomic E-state index is -0.230. The Morgan fingerprint density at radius 1 is 1.19 bits per heavy atom. The molecular formula is C21H25FN4O. The Morgan fingerprint density at radius 2 is 2.07 bits per heavy atom. The van der Waals surface area contributed by atoms with E-state index in [2.05, 4.69) is 20.6 Å². The molecule has 0 aliphatic carbocycles. The van der Waals surface area contributed by atoms with Crippen molar-refractivity contribution in [3.63, 3.8) is 0 Å². The summed E-state index contributed by atoms with van der Waals surface area (Å²) in [6.07, 6.45) is 2.74. The van der Waals surface area contributed by atoms with Crippen molar-refractivity contribution in [2.45, 2.75) is 19.9 Å². The number of rotatable bonds is 7. The van der Waals surface area contributed by atoms with Crippen LogP contribution in [0, 0.1) is 5.82 Å². The molecule has 2 aromatic carbocycles. The number of nitrogens with zero attached hydrogens (tertiary/aromatic N) is 1. The van der Waals surface area contributed by atoms with Crippen molar-refractivity contribution in [3.05, 3.63) is 65.6 Å². The highest BCUT2D eigenvalue weighted by Crippen LogP contribution is 2.19. The number of halogens is 1. The third-order valence-electron chi connectivity index (χ3n) is 4.31. The van der Waals surface area contributed by atoms with Gasteiger partial charge in [-0.25, -0.2) is 4.39 Å². The maximum absolute atomic E-state index is 13.3. The van der Waals surface area contributed by atoms with E-state index in [-0.39, 0.29) is 5.82 Å². The normalized spacial score (nSPS) is 11.6. The van der Waals surface area contributed by atoms with E-state index < -0.39 is 0 Å². The highest BCUT2D eigenvalue weighted by molar-refractivity contribution is 5.83. The van der Waals surface area contributed by atoms with Gasteiger partial charge in [-0.05, 0) is 54.8 Å². The number of H-pyrrole nitrogens is 1. The zero-order chi connectivity index (χ0) is 19.1. The van der Waals surface area contributed by atoms with E-state index in [1.807, 2.05) is 43.5 Å². The number of aromatic nitrogens is 1. The maximum Gasteiger partial charge on any atom is 0.191 e. The van der Waals surface area contributed by atoms with E-state index in [9.17, 15) is 4.39 Å².